The first-order valence-corrected chi connectivity index (χ1v) is 8.49. The highest BCUT2D eigenvalue weighted by Crippen LogP contribution is 2.31. The summed E-state index contributed by atoms with van der Waals surface area (Å²) < 4.78 is 6.45. The van der Waals surface area contributed by atoms with E-state index in [-0.39, 0.29) is 0 Å². The highest BCUT2D eigenvalue weighted by molar-refractivity contribution is 9.10. The van der Waals surface area contributed by atoms with Crippen LogP contribution < -0.4 is 4.74 Å². The maximum absolute atomic E-state index is 5.28. The third-order valence-corrected chi connectivity index (χ3v) is 4.88. The molecule has 1 nitrogen and oxygen atoms in total. The van der Waals surface area contributed by atoms with Gasteiger partial charge in [-0.2, -0.15) is 0 Å². The topological polar surface area (TPSA) is 9.23 Å². The smallest absolute Gasteiger partial charge is 0.118 e. The van der Waals surface area contributed by atoms with E-state index in [1.54, 1.807) is 7.11 Å². The molecule has 0 aromatic heterocycles. The lowest BCUT2D eigenvalue weighted by Gasteiger charge is -2.19. The summed E-state index contributed by atoms with van der Waals surface area (Å²) in [6.07, 6.45) is 0.956. The summed E-state index contributed by atoms with van der Waals surface area (Å²) in [5.41, 5.74) is 3.94. The quantitative estimate of drug-likeness (QED) is 0.551. The van der Waals surface area contributed by atoms with Crippen molar-refractivity contribution in [3.8, 4) is 5.75 Å². The molecule has 23 heavy (non-hydrogen) atoms. The molecule has 0 saturated carbocycles. The summed E-state index contributed by atoms with van der Waals surface area (Å²) >= 11 is 3.67. The van der Waals surface area contributed by atoms with Gasteiger partial charge in [-0.25, -0.2) is 0 Å². The molecule has 3 aromatic rings. The average Bonchev–Trinajstić information content (AvgIpc) is 2.62. The summed E-state index contributed by atoms with van der Waals surface area (Å²) in [6.45, 7) is 0. The predicted molar refractivity (Wildman–Crippen MR) is 99.1 cm³/mol. The highest BCUT2D eigenvalue weighted by atomic mass is 79.9. The predicted octanol–water partition coefficient (Wildman–Crippen LogP) is 5.83. The van der Waals surface area contributed by atoms with Crippen molar-refractivity contribution in [1.29, 1.82) is 0 Å². The first-order valence-electron chi connectivity index (χ1n) is 7.70. The molecule has 0 amide bonds. The fourth-order valence-electron chi connectivity index (χ4n) is 2.83. The van der Waals surface area contributed by atoms with Gasteiger partial charge in [0.25, 0.3) is 0 Å². The van der Waals surface area contributed by atoms with Gasteiger partial charge in [-0.15, -0.1) is 0 Å². The lowest BCUT2D eigenvalue weighted by atomic mass is 9.86. The Balaban J connectivity index is 1.98. The number of ether oxygens (including phenoxy) is 1. The van der Waals surface area contributed by atoms with E-state index in [2.05, 4.69) is 82.7 Å². The van der Waals surface area contributed by atoms with Gasteiger partial charge in [0.1, 0.15) is 5.75 Å². The normalized spacial score (nSPS) is 11.9. The lowest BCUT2D eigenvalue weighted by molar-refractivity contribution is 0.414. The van der Waals surface area contributed by atoms with Crippen LogP contribution in [-0.2, 0) is 6.42 Å². The van der Waals surface area contributed by atoms with Gasteiger partial charge >= 0.3 is 0 Å². The Morgan fingerprint density at radius 1 is 0.783 bits per heavy atom. The van der Waals surface area contributed by atoms with Crippen molar-refractivity contribution in [3.63, 3.8) is 0 Å². The molecular weight excluding hydrogens is 348 g/mol. The van der Waals surface area contributed by atoms with Gasteiger partial charge in [-0.3, -0.25) is 0 Å². The molecule has 1 atom stereocenters. The van der Waals surface area contributed by atoms with Gasteiger partial charge in [0.2, 0.25) is 0 Å². The third-order valence-electron chi connectivity index (χ3n) is 4.10. The molecule has 0 heterocycles. The standard InChI is InChI=1S/C21H19BrO/c1-23-19-13-11-17(12-14-19)20(16-7-3-2-4-8-16)15-18-9-5-6-10-21(18)22/h2-14,20H,15H2,1H3. The van der Waals surface area contributed by atoms with E-state index >= 15 is 0 Å². The van der Waals surface area contributed by atoms with Crippen LogP contribution in [-0.4, -0.2) is 7.11 Å². The molecule has 116 valence electrons. The van der Waals surface area contributed by atoms with E-state index in [9.17, 15) is 0 Å². The third kappa shape index (κ3) is 3.83. The van der Waals surface area contributed by atoms with Crippen molar-refractivity contribution in [3.05, 3.63) is 100 Å². The number of hydrogen-bond donors (Lipinski definition) is 0. The van der Waals surface area contributed by atoms with Crippen LogP contribution in [0.2, 0.25) is 0 Å². The number of methoxy groups -OCH3 is 1. The zero-order valence-electron chi connectivity index (χ0n) is 13.1. The number of hydrogen-bond acceptors (Lipinski definition) is 1. The molecular formula is C21H19BrO. The zero-order chi connectivity index (χ0) is 16.1. The summed E-state index contributed by atoms with van der Waals surface area (Å²) in [5, 5.41) is 0. The van der Waals surface area contributed by atoms with Gasteiger partial charge in [-0.1, -0.05) is 76.6 Å². The Morgan fingerprint density at radius 2 is 1.39 bits per heavy atom. The molecule has 0 aliphatic carbocycles. The summed E-state index contributed by atoms with van der Waals surface area (Å²) in [5.74, 6) is 1.21. The molecule has 0 radical (unpaired) electrons. The van der Waals surface area contributed by atoms with Crippen LogP contribution in [0, 0.1) is 0 Å². The molecule has 0 fully saturated rings. The number of halogens is 1. The molecule has 2 heteroatoms. The van der Waals surface area contributed by atoms with Crippen molar-refractivity contribution < 1.29 is 4.74 Å². The van der Waals surface area contributed by atoms with Crippen molar-refractivity contribution in [2.24, 2.45) is 0 Å². The lowest BCUT2D eigenvalue weighted by Crippen LogP contribution is -2.05. The maximum Gasteiger partial charge on any atom is 0.118 e. The molecule has 0 saturated heterocycles. The molecule has 3 aromatic carbocycles. The first kappa shape index (κ1) is 15.8. The minimum absolute atomic E-state index is 0.320. The Bertz CT molecular complexity index is 750. The van der Waals surface area contributed by atoms with Crippen molar-refractivity contribution in [1.82, 2.24) is 0 Å². The van der Waals surface area contributed by atoms with Crippen LogP contribution in [0.15, 0.2) is 83.3 Å². The molecule has 1 unspecified atom stereocenters. The minimum Gasteiger partial charge on any atom is -0.497 e. The summed E-state index contributed by atoms with van der Waals surface area (Å²) in [7, 11) is 1.70. The monoisotopic (exact) mass is 366 g/mol. The Kier molecular flexibility index (Phi) is 5.14. The second-order valence-electron chi connectivity index (χ2n) is 5.53. The van der Waals surface area contributed by atoms with Crippen LogP contribution in [0.1, 0.15) is 22.6 Å². The van der Waals surface area contributed by atoms with Crippen LogP contribution in [0.4, 0.5) is 0 Å². The van der Waals surface area contributed by atoms with Gasteiger partial charge in [0, 0.05) is 10.4 Å². The van der Waals surface area contributed by atoms with E-state index < -0.39 is 0 Å². The summed E-state index contributed by atoms with van der Waals surface area (Å²) in [4.78, 5) is 0. The molecule has 0 aliphatic rings. The molecule has 0 N–H and O–H groups in total. The van der Waals surface area contributed by atoms with Crippen LogP contribution >= 0.6 is 15.9 Å². The first-order chi connectivity index (χ1) is 11.3. The van der Waals surface area contributed by atoms with Crippen LogP contribution in [0.5, 0.6) is 5.75 Å². The van der Waals surface area contributed by atoms with Gasteiger partial charge in [0.15, 0.2) is 0 Å². The van der Waals surface area contributed by atoms with Crippen molar-refractivity contribution >= 4 is 15.9 Å². The van der Waals surface area contributed by atoms with Crippen molar-refractivity contribution in [2.45, 2.75) is 12.3 Å². The fourth-order valence-corrected chi connectivity index (χ4v) is 3.28. The zero-order valence-corrected chi connectivity index (χ0v) is 14.7. The molecule has 0 bridgehead atoms. The van der Waals surface area contributed by atoms with E-state index in [0.717, 1.165) is 16.6 Å². The Morgan fingerprint density at radius 3 is 2.04 bits per heavy atom. The summed E-state index contributed by atoms with van der Waals surface area (Å²) in [6, 6.07) is 27.5. The van der Waals surface area contributed by atoms with Crippen molar-refractivity contribution in [2.75, 3.05) is 7.11 Å². The molecule has 0 aliphatic heterocycles. The second-order valence-corrected chi connectivity index (χ2v) is 6.39. The van der Waals surface area contributed by atoms with Gasteiger partial charge < -0.3 is 4.74 Å². The van der Waals surface area contributed by atoms with E-state index in [0.29, 0.717) is 5.92 Å². The largest absolute Gasteiger partial charge is 0.497 e. The maximum atomic E-state index is 5.28. The number of benzene rings is 3. The second kappa shape index (κ2) is 7.47. The van der Waals surface area contributed by atoms with E-state index in [1.807, 2.05) is 12.1 Å². The highest BCUT2D eigenvalue weighted by Gasteiger charge is 2.16. The molecule has 0 spiro atoms. The van der Waals surface area contributed by atoms with E-state index in [4.69, 9.17) is 4.74 Å². The van der Waals surface area contributed by atoms with Crippen LogP contribution in [0.25, 0.3) is 0 Å². The van der Waals surface area contributed by atoms with Gasteiger partial charge in [-0.05, 0) is 41.3 Å². The average molecular weight is 367 g/mol. The minimum atomic E-state index is 0.320. The van der Waals surface area contributed by atoms with E-state index in [1.165, 1.54) is 16.7 Å². The Hall–Kier alpha value is -2.06. The molecule has 3 rings (SSSR count). The SMILES string of the molecule is COc1ccc(C(Cc2ccccc2Br)c2ccccc2)cc1. The Labute approximate surface area is 146 Å². The number of rotatable bonds is 5. The fraction of sp³-hybridized carbons (Fsp3) is 0.143. The van der Waals surface area contributed by atoms with Gasteiger partial charge in [0.05, 0.1) is 7.11 Å². The van der Waals surface area contributed by atoms with Crippen LogP contribution in [0.3, 0.4) is 0 Å².